The number of nitrogens with zero attached hydrogens (tertiary/aromatic N) is 4. The van der Waals surface area contributed by atoms with Gasteiger partial charge in [-0.1, -0.05) is 37.7 Å². The predicted molar refractivity (Wildman–Crippen MR) is 110 cm³/mol. The van der Waals surface area contributed by atoms with Gasteiger partial charge in [-0.25, -0.2) is 0 Å². The normalized spacial score (nSPS) is 13.1. The number of rotatable bonds is 9. The van der Waals surface area contributed by atoms with Gasteiger partial charge in [0.15, 0.2) is 0 Å². The second-order valence-electron chi connectivity index (χ2n) is 7.18. The highest BCUT2D eigenvalue weighted by atomic mass is 32.1. The Labute approximate surface area is 176 Å². The number of aromatic nitrogens is 2. The number of unbranched alkanes of at least 4 members (excludes halogenated alkanes) is 2. The maximum absolute atomic E-state index is 12.5. The molecule has 0 atom stereocenters. The van der Waals surface area contributed by atoms with E-state index in [1.165, 1.54) is 29.5 Å². The molecule has 11 heteroatoms. The van der Waals surface area contributed by atoms with Gasteiger partial charge in [0.05, 0.1) is 10.5 Å². The number of nitrogens with one attached hydrogen (secondary N) is 1. The van der Waals surface area contributed by atoms with Gasteiger partial charge in [0.1, 0.15) is 10.6 Å². The maximum Gasteiger partial charge on any atom is 0.282 e. The number of benzene rings is 1. The van der Waals surface area contributed by atoms with Crippen molar-refractivity contribution in [2.45, 2.75) is 45.4 Å². The summed E-state index contributed by atoms with van der Waals surface area (Å²) in [6, 6.07) is 4.03. The fourth-order valence-electron chi connectivity index (χ4n) is 3.10. The number of hydrogen-bond acceptors (Lipinski definition) is 8. The number of carbonyl (C=O) groups excluding carboxylic acids is 3. The van der Waals surface area contributed by atoms with Crippen LogP contribution in [0.15, 0.2) is 18.2 Å². The first-order valence-corrected chi connectivity index (χ1v) is 10.4. The molecule has 0 aliphatic carbocycles. The Morgan fingerprint density at radius 1 is 1.20 bits per heavy atom. The van der Waals surface area contributed by atoms with E-state index >= 15 is 0 Å². The molecule has 2 heterocycles. The van der Waals surface area contributed by atoms with E-state index in [2.05, 4.69) is 15.5 Å². The van der Waals surface area contributed by atoms with Gasteiger partial charge in [-0.3, -0.25) is 29.4 Å². The van der Waals surface area contributed by atoms with Gasteiger partial charge in [0, 0.05) is 24.9 Å². The van der Waals surface area contributed by atoms with Crippen LogP contribution in [0.2, 0.25) is 0 Å². The zero-order chi connectivity index (χ0) is 21.8. The molecular weight excluding hydrogens is 410 g/mol. The van der Waals surface area contributed by atoms with E-state index < -0.39 is 16.7 Å². The first-order chi connectivity index (χ1) is 14.3. The smallest absolute Gasteiger partial charge is 0.282 e. The number of carbonyl (C=O) groups is 3. The fraction of sp³-hybridized carbons (Fsp3) is 0.421. The number of anilines is 1. The predicted octanol–water partition coefficient (Wildman–Crippen LogP) is 3.36. The molecule has 3 amide bonds. The van der Waals surface area contributed by atoms with Crippen LogP contribution in [-0.2, 0) is 4.79 Å². The standard InChI is InChI=1S/C19H21N5O5S/c1-11(2)16-21-22-19(30-16)20-14(25)9-4-3-5-10-23-17(26)12-7-6-8-13(24(28)29)15(12)18(23)27/h6-8,11H,3-5,9-10H2,1-2H3,(H,20,22,25). The molecule has 1 aromatic heterocycles. The van der Waals surface area contributed by atoms with Crippen LogP contribution in [0.1, 0.15) is 71.2 Å². The van der Waals surface area contributed by atoms with Crippen molar-refractivity contribution < 1.29 is 19.3 Å². The van der Waals surface area contributed by atoms with Crippen LogP contribution in [0.25, 0.3) is 0 Å². The fourth-order valence-corrected chi connectivity index (χ4v) is 3.87. The van der Waals surface area contributed by atoms with Gasteiger partial charge >= 0.3 is 0 Å². The molecule has 0 spiro atoms. The Morgan fingerprint density at radius 2 is 1.97 bits per heavy atom. The Bertz CT molecular complexity index is 1000. The monoisotopic (exact) mass is 431 g/mol. The summed E-state index contributed by atoms with van der Waals surface area (Å²) in [5.41, 5.74) is -0.446. The minimum Gasteiger partial charge on any atom is -0.301 e. The van der Waals surface area contributed by atoms with Gasteiger partial charge in [-0.2, -0.15) is 0 Å². The molecule has 0 radical (unpaired) electrons. The van der Waals surface area contributed by atoms with E-state index in [0.717, 1.165) is 9.91 Å². The Morgan fingerprint density at radius 3 is 2.63 bits per heavy atom. The quantitative estimate of drug-likeness (QED) is 0.278. The zero-order valence-electron chi connectivity index (χ0n) is 16.6. The van der Waals surface area contributed by atoms with Crippen molar-refractivity contribution in [3.8, 4) is 0 Å². The summed E-state index contributed by atoms with van der Waals surface area (Å²) in [6.45, 7) is 4.15. The largest absolute Gasteiger partial charge is 0.301 e. The molecular formula is C19H21N5O5S. The molecule has 0 saturated heterocycles. The van der Waals surface area contributed by atoms with Crippen molar-refractivity contribution in [1.29, 1.82) is 0 Å². The second kappa shape index (κ2) is 9.08. The number of nitro groups is 1. The third kappa shape index (κ3) is 4.51. The van der Waals surface area contributed by atoms with Crippen LogP contribution < -0.4 is 5.32 Å². The summed E-state index contributed by atoms with van der Waals surface area (Å²) in [6.07, 6.45) is 1.98. The third-order valence-electron chi connectivity index (χ3n) is 4.64. The highest BCUT2D eigenvalue weighted by molar-refractivity contribution is 7.15. The van der Waals surface area contributed by atoms with Gasteiger partial charge in [0.2, 0.25) is 11.0 Å². The van der Waals surface area contributed by atoms with Crippen LogP contribution in [0, 0.1) is 10.1 Å². The van der Waals surface area contributed by atoms with Gasteiger partial charge in [-0.05, 0) is 18.9 Å². The molecule has 3 rings (SSSR count). The average molecular weight is 431 g/mol. The Hall–Kier alpha value is -3.21. The summed E-state index contributed by atoms with van der Waals surface area (Å²) in [5, 5.41) is 23.1. The number of imide groups is 1. The molecule has 2 aromatic rings. The minimum atomic E-state index is -0.659. The number of fused-ring (bicyclic) bond motifs is 1. The van der Waals surface area contributed by atoms with Crippen LogP contribution in [0.5, 0.6) is 0 Å². The van der Waals surface area contributed by atoms with E-state index in [1.807, 2.05) is 13.8 Å². The molecule has 1 aliphatic heterocycles. The molecule has 10 nitrogen and oxygen atoms in total. The van der Waals surface area contributed by atoms with Crippen LogP contribution in [-0.4, -0.2) is 44.3 Å². The lowest BCUT2D eigenvalue weighted by Crippen LogP contribution is -2.30. The van der Waals surface area contributed by atoms with Crippen molar-refractivity contribution in [2.75, 3.05) is 11.9 Å². The molecule has 1 N–H and O–H groups in total. The van der Waals surface area contributed by atoms with Crippen molar-refractivity contribution in [3.05, 3.63) is 44.4 Å². The average Bonchev–Trinajstić information content (AvgIpc) is 3.26. The van der Waals surface area contributed by atoms with E-state index in [1.54, 1.807) is 0 Å². The molecule has 1 aromatic carbocycles. The van der Waals surface area contributed by atoms with Gasteiger partial charge in [0.25, 0.3) is 17.5 Å². The molecule has 1 aliphatic rings. The lowest BCUT2D eigenvalue weighted by atomic mass is 10.1. The highest BCUT2D eigenvalue weighted by Gasteiger charge is 2.40. The number of hydrogen-bond donors (Lipinski definition) is 1. The lowest BCUT2D eigenvalue weighted by Gasteiger charge is -2.13. The van der Waals surface area contributed by atoms with E-state index in [4.69, 9.17) is 0 Å². The van der Waals surface area contributed by atoms with Crippen molar-refractivity contribution in [2.24, 2.45) is 0 Å². The lowest BCUT2D eigenvalue weighted by molar-refractivity contribution is -0.385. The first kappa shape index (κ1) is 21.5. The molecule has 0 saturated carbocycles. The first-order valence-electron chi connectivity index (χ1n) is 9.56. The number of nitro benzene ring substituents is 1. The minimum absolute atomic E-state index is 0.0615. The zero-order valence-corrected chi connectivity index (χ0v) is 17.4. The molecule has 30 heavy (non-hydrogen) atoms. The van der Waals surface area contributed by atoms with Crippen molar-refractivity contribution >= 4 is 39.9 Å². The molecule has 0 bridgehead atoms. The summed E-state index contributed by atoms with van der Waals surface area (Å²) in [5.74, 6) is -1.08. The molecule has 158 valence electrons. The van der Waals surface area contributed by atoms with E-state index in [0.29, 0.717) is 24.4 Å². The van der Waals surface area contributed by atoms with Gasteiger partial charge in [-0.15, -0.1) is 10.2 Å². The van der Waals surface area contributed by atoms with E-state index in [9.17, 15) is 24.5 Å². The third-order valence-corrected chi connectivity index (χ3v) is 5.78. The van der Waals surface area contributed by atoms with Crippen LogP contribution >= 0.6 is 11.3 Å². The van der Waals surface area contributed by atoms with E-state index in [-0.39, 0.29) is 41.6 Å². The maximum atomic E-state index is 12.5. The number of amides is 3. The van der Waals surface area contributed by atoms with Crippen LogP contribution in [0.3, 0.4) is 0 Å². The second-order valence-corrected chi connectivity index (χ2v) is 8.19. The Kier molecular flexibility index (Phi) is 6.50. The summed E-state index contributed by atoms with van der Waals surface area (Å²) >= 11 is 1.34. The van der Waals surface area contributed by atoms with Gasteiger partial charge < -0.3 is 5.32 Å². The summed E-state index contributed by atoms with van der Waals surface area (Å²) in [4.78, 5) is 48.4. The SMILES string of the molecule is CC(C)c1nnc(NC(=O)CCCCCN2C(=O)c3cccc([N+](=O)[O-])c3C2=O)s1. The highest BCUT2D eigenvalue weighted by Crippen LogP contribution is 2.31. The van der Waals surface area contributed by atoms with Crippen molar-refractivity contribution in [1.82, 2.24) is 15.1 Å². The Balaban J connectivity index is 1.45. The molecule has 0 fully saturated rings. The summed E-state index contributed by atoms with van der Waals surface area (Å²) in [7, 11) is 0. The van der Waals surface area contributed by atoms with Crippen LogP contribution in [0.4, 0.5) is 10.8 Å². The van der Waals surface area contributed by atoms with Crippen molar-refractivity contribution in [3.63, 3.8) is 0 Å². The topological polar surface area (TPSA) is 135 Å². The molecule has 0 unspecified atom stereocenters. The summed E-state index contributed by atoms with van der Waals surface area (Å²) < 4.78 is 0.